The number of aryl methyl sites for hydroxylation is 1. The summed E-state index contributed by atoms with van der Waals surface area (Å²) in [6, 6.07) is 14.3. The molecule has 0 spiro atoms. The van der Waals surface area contributed by atoms with Crippen molar-refractivity contribution in [3.63, 3.8) is 0 Å². The number of carbonyl (C=O) groups excluding carboxylic acids is 2. The molecule has 0 saturated carbocycles. The van der Waals surface area contributed by atoms with Crippen LogP contribution >= 0.6 is 0 Å². The SMILES string of the molecule is CC[C@@H](C)C(=O)Nc1cc(NC(=O)Nc2ccccc2)ccc1C. The minimum Gasteiger partial charge on any atom is -0.326 e. The molecule has 0 aromatic heterocycles. The van der Waals surface area contributed by atoms with Crippen molar-refractivity contribution in [2.75, 3.05) is 16.0 Å². The van der Waals surface area contributed by atoms with Crippen LogP contribution in [0.4, 0.5) is 21.9 Å². The van der Waals surface area contributed by atoms with E-state index < -0.39 is 0 Å². The summed E-state index contributed by atoms with van der Waals surface area (Å²) in [6.45, 7) is 5.78. The average Bonchev–Trinajstić information content (AvgIpc) is 2.57. The van der Waals surface area contributed by atoms with Crippen molar-refractivity contribution in [2.45, 2.75) is 27.2 Å². The molecule has 2 aromatic rings. The van der Waals surface area contributed by atoms with Crippen molar-refractivity contribution in [2.24, 2.45) is 5.92 Å². The van der Waals surface area contributed by atoms with Crippen LogP contribution in [-0.4, -0.2) is 11.9 Å². The number of hydrogen-bond donors (Lipinski definition) is 3. The van der Waals surface area contributed by atoms with Gasteiger partial charge in [-0.2, -0.15) is 0 Å². The normalized spacial score (nSPS) is 11.5. The van der Waals surface area contributed by atoms with Gasteiger partial charge in [0, 0.05) is 23.0 Å². The Morgan fingerprint density at radius 3 is 2.29 bits per heavy atom. The Morgan fingerprint density at radius 1 is 0.958 bits per heavy atom. The monoisotopic (exact) mass is 325 g/mol. The van der Waals surface area contributed by atoms with Gasteiger partial charge in [0.2, 0.25) is 5.91 Å². The van der Waals surface area contributed by atoms with E-state index in [1.807, 2.05) is 57.2 Å². The standard InChI is InChI=1S/C19H23N3O2/c1-4-13(2)18(23)22-17-12-16(11-10-14(17)3)21-19(24)20-15-8-6-5-7-9-15/h5-13H,4H2,1-3H3,(H,22,23)(H2,20,21,24)/t13-/m1/s1. The molecule has 0 aliphatic heterocycles. The molecule has 0 aliphatic rings. The van der Waals surface area contributed by atoms with Crippen molar-refractivity contribution in [1.29, 1.82) is 0 Å². The van der Waals surface area contributed by atoms with Crippen LogP contribution in [0.15, 0.2) is 48.5 Å². The number of benzene rings is 2. The van der Waals surface area contributed by atoms with Crippen LogP contribution < -0.4 is 16.0 Å². The van der Waals surface area contributed by atoms with E-state index in [9.17, 15) is 9.59 Å². The van der Waals surface area contributed by atoms with Gasteiger partial charge >= 0.3 is 6.03 Å². The topological polar surface area (TPSA) is 70.2 Å². The Bertz CT molecular complexity index is 714. The molecule has 0 heterocycles. The molecule has 0 radical (unpaired) electrons. The Hall–Kier alpha value is -2.82. The zero-order valence-electron chi connectivity index (χ0n) is 14.2. The molecule has 0 saturated heterocycles. The molecule has 5 heteroatoms. The number of carbonyl (C=O) groups is 2. The number of urea groups is 1. The van der Waals surface area contributed by atoms with Gasteiger partial charge in [0.15, 0.2) is 0 Å². The predicted molar refractivity (Wildman–Crippen MR) is 98.3 cm³/mol. The van der Waals surface area contributed by atoms with Gasteiger partial charge in [-0.15, -0.1) is 0 Å². The maximum Gasteiger partial charge on any atom is 0.323 e. The third kappa shape index (κ3) is 4.84. The lowest BCUT2D eigenvalue weighted by atomic mass is 10.1. The third-order valence-electron chi connectivity index (χ3n) is 3.84. The molecular formula is C19H23N3O2. The molecule has 126 valence electrons. The molecule has 0 aliphatic carbocycles. The summed E-state index contributed by atoms with van der Waals surface area (Å²) in [5.74, 6) is -0.0751. The van der Waals surface area contributed by atoms with E-state index in [-0.39, 0.29) is 17.9 Å². The highest BCUT2D eigenvalue weighted by molar-refractivity contribution is 6.00. The van der Waals surface area contributed by atoms with Crippen LogP contribution in [0.3, 0.4) is 0 Å². The van der Waals surface area contributed by atoms with E-state index in [1.165, 1.54) is 0 Å². The lowest BCUT2D eigenvalue weighted by Gasteiger charge is -2.14. The van der Waals surface area contributed by atoms with Gasteiger partial charge in [-0.25, -0.2) is 4.79 Å². The minimum atomic E-state index is -0.329. The Kier molecular flexibility index (Phi) is 5.95. The van der Waals surface area contributed by atoms with Crippen molar-refractivity contribution in [3.8, 4) is 0 Å². The summed E-state index contributed by atoms with van der Waals surface area (Å²) in [4.78, 5) is 24.1. The highest BCUT2D eigenvalue weighted by Crippen LogP contribution is 2.21. The first-order chi connectivity index (χ1) is 11.5. The predicted octanol–water partition coefficient (Wildman–Crippen LogP) is 4.62. The fraction of sp³-hybridized carbons (Fsp3) is 0.263. The number of amides is 3. The molecule has 24 heavy (non-hydrogen) atoms. The fourth-order valence-electron chi connectivity index (χ4n) is 2.09. The first kappa shape index (κ1) is 17.5. The smallest absolute Gasteiger partial charge is 0.323 e. The number of nitrogens with one attached hydrogen (secondary N) is 3. The summed E-state index contributed by atoms with van der Waals surface area (Å²) < 4.78 is 0. The largest absolute Gasteiger partial charge is 0.326 e. The highest BCUT2D eigenvalue weighted by Gasteiger charge is 2.12. The van der Waals surface area contributed by atoms with Crippen molar-refractivity contribution < 1.29 is 9.59 Å². The number of rotatable bonds is 5. The molecule has 5 nitrogen and oxygen atoms in total. The van der Waals surface area contributed by atoms with Gasteiger partial charge in [-0.3, -0.25) is 4.79 Å². The molecule has 3 amide bonds. The molecule has 2 rings (SSSR count). The molecule has 2 aromatic carbocycles. The highest BCUT2D eigenvalue weighted by atomic mass is 16.2. The summed E-state index contributed by atoms with van der Waals surface area (Å²) in [5.41, 5.74) is 2.99. The van der Waals surface area contributed by atoms with Gasteiger partial charge in [0.1, 0.15) is 0 Å². The van der Waals surface area contributed by atoms with E-state index in [4.69, 9.17) is 0 Å². The van der Waals surface area contributed by atoms with Crippen molar-refractivity contribution in [3.05, 3.63) is 54.1 Å². The molecule has 3 N–H and O–H groups in total. The van der Waals surface area contributed by atoms with Crippen LogP contribution in [0.25, 0.3) is 0 Å². The molecule has 1 atom stereocenters. The molecular weight excluding hydrogens is 302 g/mol. The van der Waals surface area contributed by atoms with Crippen LogP contribution in [0.2, 0.25) is 0 Å². The summed E-state index contributed by atoms with van der Waals surface area (Å²) >= 11 is 0. The summed E-state index contributed by atoms with van der Waals surface area (Å²) in [5, 5.41) is 8.44. The lowest BCUT2D eigenvalue weighted by molar-refractivity contribution is -0.119. The third-order valence-corrected chi connectivity index (χ3v) is 3.84. The van der Waals surface area contributed by atoms with Crippen LogP contribution in [0.5, 0.6) is 0 Å². The second-order valence-corrected chi connectivity index (χ2v) is 5.77. The number of para-hydroxylation sites is 1. The molecule has 0 fully saturated rings. The summed E-state index contributed by atoms with van der Waals surface area (Å²) in [6.07, 6.45) is 0.780. The van der Waals surface area contributed by atoms with Crippen molar-refractivity contribution >= 4 is 29.0 Å². The maximum absolute atomic E-state index is 12.1. The van der Waals surface area contributed by atoms with Gasteiger partial charge in [0.25, 0.3) is 0 Å². The first-order valence-electron chi connectivity index (χ1n) is 8.04. The molecule has 0 bridgehead atoms. The Morgan fingerprint density at radius 2 is 1.62 bits per heavy atom. The Balaban J connectivity index is 2.04. The fourth-order valence-corrected chi connectivity index (χ4v) is 2.09. The quantitative estimate of drug-likeness (QED) is 0.750. The zero-order chi connectivity index (χ0) is 17.5. The van der Waals surface area contributed by atoms with Gasteiger partial charge in [-0.05, 0) is 43.2 Å². The molecule has 0 unspecified atom stereocenters. The Labute approximate surface area is 142 Å². The van der Waals surface area contributed by atoms with Crippen LogP contribution in [0, 0.1) is 12.8 Å². The second-order valence-electron chi connectivity index (χ2n) is 5.77. The number of anilines is 3. The van der Waals surface area contributed by atoms with E-state index in [0.29, 0.717) is 17.1 Å². The summed E-state index contributed by atoms with van der Waals surface area (Å²) in [7, 11) is 0. The van der Waals surface area contributed by atoms with Crippen molar-refractivity contribution in [1.82, 2.24) is 0 Å². The lowest BCUT2D eigenvalue weighted by Crippen LogP contribution is -2.21. The van der Waals surface area contributed by atoms with E-state index in [2.05, 4.69) is 16.0 Å². The van der Waals surface area contributed by atoms with E-state index in [0.717, 1.165) is 12.0 Å². The van der Waals surface area contributed by atoms with Crippen LogP contribution in [0.1, 0.15) is 25.8 Å². The van der Waals surface area contributed by atoms with E-state index >= 15 is 0 Å². The number of hydrogen-bond acceptors (Lipinski definition) is 2. The maximum atomic E-state index is 12.1. The zero-order valence-corrected chi connectivity index (χ0v) is 14.2. The first-order valence-corrected chi connectivity index (χ1v) is 8.04. The van der Waals surface area contributed by atoms with Gasteiger partial charge in [0.05, 0.1) is 0 Å². The van der Waals surface area contributed by atoms with Crippen LogP contribution in [-0.2, 0) is 4.79 Å². The van der Waals surface area contributed by atoms with Gasteiger partial charge in [-0.1, -0.05) is 38.1 Å². The minimum absolute atomic E-state index is 0.0218. The van der Waals surface area contributed by atoms with E-state index in [1.54, 1.807) is 12.1 Å². The van der Waals surface area contributed by atoms with Gasteiger partial charge < -0.3 is 16.0 Å². The average molecular weight is 325 g/mol. The second kappa shape index (κ2) is 8.15.